The van der Waals surface area contributed by atoms with E-state index in [0.717, 1.165) is 12.1 Å². The van der Waals surface area contributed by atoms with E-state index in [1.165, 1.54) is 4.90 Å². The van der Waals surface area contributed by atoms with Crippen LogP contribution in [0, 0.1) is 15.9 Å². The number of carboxylic acids is 1. The molecule has 0 unspecified atom stereocenters. The largest absolute Gasteiger partial charge is 0.481 e. The second-order valence-electron chi connectivity index (χ2n) is 3.74. The van der Waals surface area contributed by atoms with E-state index in [-0.39, 0.29) is 29.4 Å². The normalized spacial score (nSPS) is 10.3. The molecule has 104 valence electrons. The lowest BCUT2D eigenvalue weighted by atomic mass is 10.2. The van der Waals surface area contributed by atoms with Crippen molar-refractivity contribution in [2.24, 2.45) is 0 Å². The Hall–Kier alpha value is -1.89. The van der Waals surface area contributed by atoms with Gasteiger partial charge in [0.05, 0.1) is 16.4 Å². The molecule has 0 saturated heterocycles. The van der Waals surface area contributed by atoms with Crippen molar-refractivity contribution in [3.63, 3.8) is 0 Å². The van der Waals surface area contributed by atoms with Gasteiger partial charge in [-0.1, -0.05) is 11.6 Å². The second kappa shape index (κ2) is 6.33. The van der Waals surface area contributed by atoms with E-state index in [0.29, 0.717) is 6.54 Å². The van der Waals surface area contributed by atoms with Crippen LogP contribution >= 0.6 is 11.6 Å². The number of halogens is 2. The van der Waals surface area contributed by atoms with E-state index in [1.54, 1.807) is 6.92 Å². The molecule has 0 aliphatic heterocycles. The first-order valence-electron chi connectivity index (χ1n) is 5.47. The summed E-state index contributed by atoms with van der Waals surface area (Å²) in [7, 11) is 0. The van der Waals surface area contributed by atoms with Crippen molar-refractivity contribution >= 4 is 28.9 Å². The van der Waals surface area contributed by atoms with Crippen LogP contribution in [0.5, 0.6) is 0 Å². The van der Waals surface area contributed by atoms with Gasteiger partial charge in [0.15, 0.2) is 0 Å². The Labute approximate surface area is 113 Å². The molecule has 0 atom stereocenters. The zero-order valence-electron chi connectivity index (χ0n) is 10.1. The lowest BCUT2D eigenvalue weighted by Gasteiger charge is -2.22. The Morgan fingerprint density at radius 1 is 1.58 bits per heavy atom. The Morgan fingerprint density at radius 2 is 2.21 bits per heavy atom. The summed E-state index contributed by atoms with van der Waals surface area (Å²) in [6.07, 6.45) is -0.199. The minimum Gasteiger partial charge on any atom is -0.481 e. The van der Waals surface area contributed by atoms with Crippen LogP contribution in [0.4, 0.5) is 15.8 Å². The fourth-order valence-corrected chi connectivity index (χ4v) is 1.76. The van der Waals surface area contributed by atoms with Crippen molar-refractivity contribution in [2.75, 3.05) is 18.0 Å². The molecular formula is C11H12ClFN2O4. The fourth-order valence-electron chi connectivity index (χ4n) is 1.60. The first kappa shape index (κ1) is 15.2. The minimum absolute atomic E-state index is 0.0238. The summed E-state index contributed by atoms with van der Waals surface area (Å²) in [5.74, 6) is -1.81. The van der Waals surface area contributed by atoms with Gasteiger partial charge in [-0.05, 0) is 6.92 Å². The number of carbonyl (C=O) groups is 1. The highest BCUT2D eigenvalue weighted by molar-refractivity contribution is 6.31. The monoisotopic (exact) mass is 290 g/mol. The predicted octanol–water partition coefficient (Wildman–Crippen LogP) is 2.69. The van der Waals surface area contributed by atoms with Crippen LogP contribution in [0.2, 0.25) is 5.02 Å². The summed E-state index contributed by atoms with van der Waals surface area (Å²) in [5.41, 5.74) is -0.325. The van der Waals surface area contributed by atoms with Crippen LogP contribution in [-0.2, 0) is 4.79 Å². The molecule has 0 heterocycles. The number of nitrogens with zero attached hydrogens (tertiary/aromatic N) is 2. The molecule has 0 aliphatic carbocycles. The molecule has 0 amide bonds. The number of hydrogen-bond donors (Lipinski definition) is 1. The van der Waals surface area contributed by atoms with Crippen molar-refractivity contribution in [1.82, 2.24) is 0 Å². The molecule has 1 N–H and O–H groups in total. The zero-order valence-corrected chi connectivity index (χ0v) is 10.9. The summed E-state index contributed by atoms with van der Waals surface area (Å²) in [6.45, 7) is 2.06. The zero-order chi connectivity index (χ0) is 14.6. The molecule has 0 saturated carbocycles. The molecule has 0 fully saturated rings. The Kier molecular flexibility index (Phi) is 5.05. The van der Waals surface area contributed by atoms with Gasteiger partial charge in [0.1, 0.15) is 11.5 Å². The number of aliphatic carboxylic acids is 1. The standard InChI is InChI=1S/C11H12ClFN2O4/c1-2-14(4-3-11(16)17)9-6-8(13)7(12)5-10(9)15(18)19/h5-6H,2-4H2,1H3,(H,16,17). The summed E-state index contributed by atoms with van der Waals surface area (Å²) < 4.78 is 13.4. The SMILES string of the molecule is CCN(CCC(=O)O)c1cc(F)c(Cl)cc1[N+](=O)[O-]. The highest BCUT2D eigenvalue weighted by Crippen LogP contribution is 2.33. The smallest absolute Gasteiger partial charge is 0.305 e. The van der Waals surface area contributed by atoms with E-state index in [4.69, 9.17) is 16.7 Å². The highest BCUT2D eigenvalue weighted by atomic mass is 35.5. The average Bonchev–Trinajstić information content (AvgIpc) is 2.33. The van der Waals surface area contributed by atoms with Gasteiger partial charge in [0, 0.05) is 25.2 Å². The third kappa shape index (κ3) is 3.78. The quantitative estimate of drug-likeness (QED) is 0.643. The van der Waals surface area contributed by atoms with Gasteiger partial charge in [-0.2, -0.15) is 0 Å². The molecule has 0 radical (unpaired) electrons. The van der Waals surface area contributed by atoms with Crippen LogP contribution in [0.25, 0.3) is 0 Å². The van der Waals surface area contributed by atoms with Crippen LogP contribution in [-0.4, -0.2) is 29.1 Å². The van der Waals surface area contributed by atoms with Crippen LogP contribution < -0.4 is 4.90 Å². The van der Waals surface area contributed by atoms with Crippen molar-refractivity contribution in [3.05, 3.63) is 33.1 Å². The number of nitro groups is 1. The minimum atomic E-state index is -1.03. The maximum Gasteiger partial charge on any atom is 0.305 e. The lowest BCUT2D eigenvalue weighted by Crippen LogP contribution is -2.26. The third-order valence-electron chi connectivity index (χ3n) is 2.53. The molecule has 0 aromatic heterocycles. The first-order valence-corrected chi connectivity index (χ1v) is 5.84. The lowest BCUT2D eigenvalue weighted by molar-refractivity contribution is -0.384. The molecule has 0 aliphatic rings. The van der Waals surface area contributed by atoms with Crippen LogP contribution in [0.1, 0.15) is 13.3 Å². The van der Waals surface area contributed by atoms with Crippen molar-refractivity contribution in [3.8, 4) is 0 Å². The average molecular weight is 291 g/mol. The van der Waals surface area contributed by atoms with Gasteiger partial charge in [-0.25, -0.2) is 4.39 Å². The van der Waals surface area contributed by atoms with Crippen molar-refractivity contribution in [2.45, 2.75) is 13.3 Å². The molecule has 1 aromatic rings. The molecule has 1 aromatic carbocycles. The second-order valence-corrected chi connectivity index (χ2v) is 4.14. The number of anilines is 1. The van der Waals surface area contributed by atoms with E-state index in [2.05, 4.69) is 0 Å². The number of carboxylic acid groups (broad SMARTS) is 1. The van der Waals surface area contributed by atoms with E-state index >= 15 is 0 Å². The maximum atomic E-state index is 13.4. The van der Waals surface area contributed by atoms with Gasteiger partial charge in [-0.3, -0.25) is 14.9 Å². The highest BCUT2D eigenvalue weighted by Gasteiger charge is 2.22. The topological polar surface area (TPSA) is 83.7 Å². The van der Waals surface area contributed by atoms with Crippen molar-refractivity contribution < 1.29 is 19.2 Å². The number of rotatable bonds is 6. The number of benzene rings is 1. The molecule has 19 heavy (non-hydrogen) atoms. The van der Waals surface area contributed by atoms with E-state index < -0.39 is 16.7 Å². The Balaban J connectivity index is 3.17. The van der Waals surface area contributed by atoms with Gasteiger partial charge >= 0.3 is 5.97 Å². The molecule has 1 rings (SSSR count). The van der Waals surface area contributed by atoms with Gasteiger partial charge < -0.3 is 10.0 Å². The summed E-state index contributed by atoms with van der Waals surface area (Å²) in [6, 6.07) is 1.88. The summed E-state index contributed by atoms with van der Waals surface area (Å²) in [5, 5.41) is 19.2. The van der Waals surface area contributed by atoms with Gasteiger partial charge in [0.25, 0.3) is 5.69 Å². The molecular weight excluding hydrogens is 279 g/mol. The van der Waals surface area contributed by atoms with Gasteiger partial charge in [0.2, 0.25) is 0 Å². The van der Waals surface area contributed by atoms with E-state index in [1.807, 2.05) is 0 Å². The van der Waals surface area contributed by atoms with Crippen LogP contribution in [0.15, 0.2) is 12.1 Å². The number of hydrogen-bond acceptors (Lipinski definition) is 4. The van der Waals surface area contributed by atoms with Crippen molar-refractivity contribution in [1.29, 1.82) is 0 Å². The van der Waals surface area contributed by atoms with Crippen LogP contribution in [0.3, 0.4) is 0 Å². The van der Waals surface area contributed by atoms with Gasteiger partial charge in [-0.15, -0.1) is 0 Å². The molecule has 0 bridgehead atoms. The molecule has 0 spiro atoms. The first-order chi connectivity index (χ1) is 8.86. The molecule has 6 nitrogen and oxygen atoms in total. The summed E-state index contributed by atoms with van der Waals surface area (Å²) >= 11 is 5.51. The fraction of sp³-hybridized carbons (Fsp3) is 0.364. The number of nitro benzene ring substituents is 1. The maximum absolute atomic E-state index is 13.4. The predicted molar refractivity (Wildman–Crippen MR) is 68.2 cm³/mol. The summed E-state index contributed by atoms with van der Waals surface area (Å²) in [4.78, 5) is 22.2. The third-order valence-corrected chi connectivity index (χ3v) is 2.82. The Morgan fingerprint density at radius 3 is 2.68 bits per heavy atom. The Bertz CT molecular complexity index is 510. The van der Waals surface area contributed by atoms with E-state index in [9.17, 15) is 19.3 Å². The molecule has 8 heteroatoms.